The molecule has 0 bridgehead atoms. The molecule has 108 valence electrons. The van der Waals surface area contributed by atoms with Gasteiger partial charge >= 0.3 is 5.97 Å². The molecule has 6 heteroatoms. The van der Waals surface area contributed by atoms with Crippen LogP contribution >= 0.6 is 12.2 Å². The molecule has 1 saturated heterocycles. The summed E-state index contributed by atoms with van der Waals surface area (Å²) in [4.78, 5) is 13.3. The fourth-order valence-electron chi connectivity index (χ4n) is 1.91. The minimum Gasteiger partial charge on any atom is -0.469 e. The molecule has 0 aromatic heterocycles. The third-order valence-corrected chi connectivity index (χ3v) is 3.44. The number of carbonyl (C=O) groups is 1. The van der Waals surface area contributed by atoms with Crippen LogP contribution in [0, 0.1) is 0 Å². The number of carbonyl (C=O) groups excluding carboxylic acids is 1. The monoisotopic (exact) mass is 294 g/mol. The lowest BCUT2D eigenvalue weighted by Crippen LogP contribution is -2.42. The Hall–Kier alpha value is -1.66. The van der Waals surface area contributed by atoms with Crippen molar-refractivity contribution in [3.8, 4) is 0 Å². The lowest BCUT2D eigenvalue weighted by atomic mass is 10.1. The molecule has 1 fully saturated rings. The van der Waals surface area contributed by atoms with Crippen LogP contribution in [0.4, 0.5) is 5.69 Å². The zero-order valence-electron chi connectivity index (χ0n) is 11.4. The van der Waals surface area contributed by atoms with E-state index in [2.05, 4.69) is 15.0 Å². The average molecular weight is 294 g/mol. The first kappa shape index (κ1) is 14.7. The highest BCUT2D eigenvalue weighted by Crippen LogP contribution is 2.12. The Labute approximate surface area is 123 Å². The summed E-state index contributed by atoms with van der Waals surface area (Å²) in [6.45, 7) is 3.04. The summed E-state index contributed by atoms with van der Waals surface area (Å²) in [5, 5.41) is 3.89. The fraction of sp³-hybridized carbons (Fsp3) is 0.429. The van der Waals surface area contributed by atoms with E-state index in [0.717, 1.165) is 24.3 Å². The van der Waals surface area contributed by atoms with Gasteiger partial charge in [-0.15, -0.1) is 0 Å². The molecule has 1 aliphatic heterocycles. The zero-order valence-corrected chi connectivity index (χ0v) is 12.2. The van der Waals surface area contributed by atoms with Gasteiger partial charge in [-0.1, -0.05) is 12.1 Å². The molecular weight excluding hydrogens is 276 g/mol. The normalized spacial score (nSPS) is 14.8. The Balaban J connectivity index is 1.89. The summed E-state index contributed by atoms with van der Waals surface area (Å²) >= 11 is 5.36. The molecule has 5 nitrogen and oxygen atoms in total. The van der Waals surface area contributed by atoms with Gasteiger partial charge < -0.3 is 19.7 Å². The summed E-state index contributed by atoms with van der Waals surface area (Å²) in [6.07, 6.45) is 0.282. The first-order valence-corrected chi connectivity index (χ1v) is 6.89. The van der Waals surface area contributed by atoms with Gasteiger partial charge in [-0.05, 0) is 29.9 Å². The van der Waals surface area contributed by atoms with Crippen LogP contribution in [0.2, 0.25) is 0 Å². The Morgan fingerprint density at radius 1 is 1.35 bits per heavy atom. The van der Waals surface area contributed by atoms with Gasteiger partial charge in [0.1, 0.15) is 0 Å². The van der Waals surface area contributed by atoms with Crippen LogP contribution in [0.15, 0.2) is 24.3 Å². The lowest BCUT2D eigenvalue weighted by Gasteiger charge is -2.29. The molecule has 0 spiro atoms. The second-order valence-corrected chi connectivity index (χ2v) is 4.87. The Morgan fingerprint density at radius 3 is 2.60 bits per heavy atom. The van der Waals surface area contributed by atoms with E-state index in [9.17, 15) is 4.79 Å². The maximum atomic E-state index is 11.2. The standard InChI is InChI=1S/C14H18N2O3S/c1-18-13(17)10-11-2-4-12(5-3-11)15-14(20)16-6-8-19-9-7-16/h2-5H,6-10H2,1H3,(H,15,20). The molecule has 1 aromatic rings. The zero-order chi connectivity index (χ0) is 14.4. The van der Waals surface area contributed by atoms with Gasteiger partial charge in [0.15, 0.2) is 5.11 Å². The number of morpholine rings is 1. The fourth-order valence-corrected chi connectivity index (χ4v) is 2.21. The van der Waals surface area contributed by atoms with Crippen molar-refractivity contribution in [1.82, 2.24) is 4.90 Å². The molecule has 1 heterocycles. The molecule has 1 aromatic carbocycles. The average Bonchev–Trinajstić information content (AvgIpc) is 2.50. The maximum absolute atomic E-state index is 11.2. The molecule has 0 radical (unpaired) electrons. The SMILES string of the molecule is COC(=O)Cc1ccc(NC(=S)N2CCOCC2)cc1. The summed E-state index contributed by atoms with van der Waals surface area (Å²) in [5.41, 5.74) is 1.83. The summed E-state index contributed by atoms with van der Waals surface area (Å²) in [6, 6.07) is 7.60. The van der Waals surface area contributed by atoms with Crippen LogP contribution in [-0.4, -0.2) is 49.4 Å². The van der Waals surface area contributed by atoms with E-state index in [0.29, 0.717) is 18.3 Å². The number of hydrogen-bond donors (Lipinski definition) is 1. The van der Waals surface area contributed by atoms with Crippen LogP contribution < -0.4 is 5.32 Å². The highest BCUT2D eigenvalue weighted by molar-refractivity contribution is 7.80. The highest BCUT2D eigenvalue weighted by Gasteiger charge is 2.13. The van der Waals surface area contributed by atoms with Crippen LogP contribution in [0.25, 0.3) is 0 Å². The van der Waals surface area contributed by atoms with Crippen molar-refractivity contribution >= 4 is 29.0 Å². The van der Waals surface area contributed by atoms with E-state index >= 15 is 0 Å². The molecule has 1 aliphatic rings. The van der Waals surface area contributed by atoms with Gasteiger partial charge in [0.2, 0.25) is 0 Å². The number of anilines is 1. The molecule has 0 atom stereocenters. The van der Waals surface area contributed by atoms with Crippen LogP contribution in [-0.2, 0) is 20.7 Å². The quantitative estimate of drug-likeness (QED) is 0.672. The summed E-state index contributed by atoms with van der Waals surface area (Å²) < 4.78 is 9.92. The van der Waals surface area contributed by atoms with E-state index in [-0.39, 0.29) is 12.4 Å². The van der Waals surface area contributed by atoms with Crippen molar-refractivity contribution in [2.24, 2.45) is 0 Å². The molecule has 0 saturated carbocycles. The molecule has 0 unspecified atom stereocenters. The number of nitrogens with one attached hydrogen (secondary N) is 1. The first-order chi connectivity index (χ1) is 9.69. The van der Waals surface area contributed by atoms with Crippen molar-refractivity contribution in [2.75, 3.05) is 38.7 Å². The van der Waals surface area contributed by atoms with Gasteiger partial charge in [-0.3, -0.25) is 4.79 Å². The Bertz CT molecular complexity index is 470. The molecule has 0 amide bonds. The predicted molar refractivity (Wildman–Crippen MR) is 80.8 cm³/mol. The second-order valence-electron chi connectivity index (χ2n) is 4.48. The van der Waals surface area contributed by atoms with E-state index < -0.39 is 0 Å². The Kier molecular flexibility index (Phi) is 5.31. The summed E-state index contributed by atoms with van der Waals surface area (Å²) in [5.74, 6) is -0.241. The predicted octanol–water partition coefficient (Wildman–Crippen LogP) is 1.43. The van der Waals surface area contributed by atoms with Gasteiger partial charge in [0.05, 0.1) is 26.7 Å². The number of rotatable bonds is 3. The number of ether oxygens (including phenoxy) is 2. The van der Waals surface area contributed by atoms with E-state index in [1.807, 2.05) is 24.3 Å². The highest BCUT2D eigenvalue weighted by atomic mass is 32.1. The van der Waals surface area contributed by atoms with Gasteiger partial charge in [-0.25, -0.2) is 0 Å². The molecule has 20 heavy (non-hydrogen) atoms. The summed E-state index contributed by atoms with van der Waals surface area (Å²) in [7, 11) is 1.39. The van der Waals surface area contributed by atoms with Crippen LogP contribution in [0.5, 0.6) is 0 Å². The van der Waals surface area contributed by atoms with Crippen LogP contribution in [0.3, 0.4) is 0 Å². The molecule has 0 aliphatic carbocycles. The lowest BCUT2D eigenvalue weighted by molar-refractivity contribution is -0.139. The number of benzene rings is 1. The number of nitrogens with zero attached hydrogens (tertiary/aromatic N) is 1. The number of thiocarbonyl (C=S) groups is 1. The number of esters is 1. The van der Waals surface area contributed by atoms with Gasteiger partial charge in [-0.2, -0.15) is 0 Å². The van der Waals surface area contributed by atoms with Gasteiger partial charge in [0.25, 0.3) is 0 Å². The Morgan fingerprint density at radius 2 is 2.00 bits per heavy atom. The smallest absolute Gasteiger partial charge is 0.309 e. The third kappa shape index (κ3) is 4.18. The minimum absolute atomic E-state index is 0.241. The van der Waals surface area contributed by atoms with Crippen molar-refractivity contribution < 1.29 is 14.3 Å². The minimum atomic E-state index is -0.241. The number of methoxy groups -OCH3 is 1. The first-order valence-electron chi connectivity index (χ1n) is 6.48. The van der Waals surface area contributed by atoms with E-state index in [4.69, 9.17) is 17.0 Å². The van der Waals surface area contributed by atoms with Crippen molar-refractivity contribution in [1.29, 1.82) is 0 Å². The second kappa shape index (κ2) is 7.21. The van der Waals surface area contributed by atoms with Crippen LogP contribution in [0.1, 0.15) is 5.56 Å². The number of hydrogen-bond acceptors (Lipinski definition) is 4. The van der Waals surface area contributed by atoms with Gasteiger partial charge in [0, 0.05) is 18.8 Å². The maximum Gasteiger partial charge on any atom is 0.309 e. The third-order valence-electron chi connectivity index (χ3n) is 3.08. The van der Waals surface area contributed by atoms with Crippen molar-refractivity contribution in [3.05, 3.63) is 29.8 Å². The molecular formula is C14H18N2O3S. The van der Waals surface area contributed by atoms with Crippen molar-refractivity contribution in [2.45, 2.75) is 6.42 Å². The van der Waals surface area contributed by atoms with E-state index in [1.54, 1.807) is 0 Å². The largest absolute Gasteiger partial charge is 0.469 e. The molecule has 1 N–H and O–H groups in total. The molecule has 2 rings (SSSR count). The van der Waals surface area contributed by atoms with E-state index in [1.165, 1.54) is 7.11 Å². The van der Waals surface area contributed by atoms with Crippen molar-refractivity contribution in [3.63, 3.8) is 0 Å². The topological polar surface area (TPSA) is 50.8 Å².